The van der Waals surface area contributed by atoms with Crippen LogP contribution in [0.1, 0.15) is 62.6 Å². The molecule has 1 aromatic heterocycles. The highest BCUT2D eigenvalue weighted by Crippen LogP contribution is 2.61. The summed E-state index contributed by atoms with van der Waals surface area (Å²) >= 11 is 0. The lowest BCUT2D eigenvalue weighted by Gasteiger charge is -2.56. The Labute approximate surface area is 167 Å². The zero-order valence-electron chi connectivity index (χ0n) is 16.7. The second-order valence-corrected chi connectivity index (χ2v) is 9.89. The molecule has 28 heavy (non-hydrogen) atoms. The standard InChI is InChI=1S/C22H32N4O2/c27-5-1-3-26-4-2-18-19(13-26)23-14-24-21(18)25-20(28)12-22-9-15-6-16(10-22)8-17(7-15)11-22/h14-17,27H,1-13H2,(H,23,24,25,28). The molecule has 4 saturated carbocycles. The number of hydrogen-bond donors (Lipinski definition) is 2. The summed E-state index contributed by atoms with van der Waals surface area (Å²) in [4.78, 5) is 24.2. The van der Waals surface area contributed by atoms with Crippen molar-refractivity contribution in [3.8, 4) is 0 Å². The Bertz CT molecular complexity index is 715. The Morgan fingerprint density at radius 3 is 2.57 bits per heavy atom. The number of carbonyl (C=O) groups is 1. The van der Waals surface area contributed by atoms with Crippen molar-refractivity contribution in [2.75, 3.05) is 25.0 Å². The van der Waals surface area contributed by atoms with Crippen molar-refractivity contribution in [1.82, 2.24) is 14.9 Å². The molecular formula is C22H32N4O2. The number of fused-ring (bicyclic) bond motifs is 1. The van der Waals surface area contributed by atoms with Gasteiger partial charge in [-0.15, -0.1) is 0 Å². The summed E-state index contributed by atoms with van der Waals surface area (Å²) in [6.45, 7) is 2.81. The van der Waals surface area contributed by atoms with E-state index < -0.39 is 0 Å². The predicted molar refractivity (Wildman–Crippen MR) is 107 cm³/mol. The van der Waals surface area contributed by atoms with Gasteiger partial charge in [-0.25, -0.2) is 9.97 Å². The van der Waals surface area contributed by atoms with Crippen molar-refractivity contribution >= 4 is 11.7 Å². The van der Waals surface area contributed by atoms with Crippen LogP contribution in [0.15, 0.2) is 6.33 Å². The Balaban J connectivity index is 1.25. The predicted octanol–water partition coefficient (Wildman–Crippen LogP) is 2.76. The zero-order valence-corrected chi connectivity index (χ0v) is 16.7. The Morgan fingerprint density at radius 1 is 1.18 bits per heavy atom. The third-order valence-corrected chi connectivity index (χ3v) is 7.68. The lowest BCUT2D eigenvalue weighted by molar-refractivity contribution is -0.124. The van der Waals surface area contributed by atoms with Gasteiger partial charge in [-0.2, -0.15) is 0 Å². The maximum Gasteiger partial charge on any atom is 0.226 e. The second kappa shape index (κ2) is 7.38. The number of nitrogens with one attached hydrogen (secondary N) is 1. The fourth-order valence-electron chi connectivity index (χ4n) is 7.02. The molecule has 0 aromatic carbocycles. The van der Waals surface area contributed by atoms with Gasteiger partial charge in [0.2, 0.25) is 5.91 Å². The van der Waals surface area contributed by atoms with E-state index in [1.54, 1.807) is 6.33 Å². The molecule has 5 aliphatic rings. The van der Waals surface area contributed by atoms with Crippen LogP contribution in [-0.2, 0) is 17.8 Å². The van der Waals surface area contributed by atoms with Crippen molar-refractivity contribution < 1.29 is 9.90 Å². The first-order valence-corrected chi connectivity index (χ1v) is 11.1. The van der Waals surface area contributed by atoms with Gasteiger partial charge < -0.3 is 10.4 Å². The Morgan fingerprint density at radius 2 is 1.89 bits per heavy atom. The second-order valence-electron chi connectivity index (χ2n) is 9.89. The number of aromatic nitrogens is 2. The first-order chi connectivity index (χ1) is 13.6. The fraction of sp³-hybridized carbons (Fsp3) is 0.773. The van der Waals surface area contributed by atoms with Crippen molar-refractivity contribution in [1.29, 1.82) is 0 Å². The topological polar surface area (TPSA) is 78.4 Å². The van der Waals surface area contributed by atoms with Crippen LogP contribution in [0.5, 0.6) is 0 Å². The first-order valence-electron chi connectivity index (χ1n) is 11.1. The zero-order chi connectivity index (χ0) is 19.1. The lowest BCUT2D eigenvalue weighted by atomic mass is 9.49. The first kappa shape index (κ1) is 18.5. The van der Waals surface area contributed by atoms with E-state index in [2.05, 4.69) is 20.2 Å². The summed E-state index contributed by atoms with van der Waals surface area (Å²) in [5.41, 5.74) is 2.37. The highest BCUT2D eigenvalue weighted by molar-refractivity contribution is 5.91. The minimum Gasteiger partial charge on any atom is -0.396 e. The molecule has 0 spiro atoms. The van der Waals surface area contributed by atoms with Gasteiger partial charge in [-0.1, -0.05) is 0 Å². The maximum atomic E-state index is 13.0. The molecule has 4 aliphatic carbocycles. The van der Waals surface area contributed by atoms with E-state index >= 15 is 0 Å². The van der Waals surface area contributed by atoms with Crippen LogP contribution in [0, 0.1) is 23.2 Å². The molecule has 0 radical (unpaired) electrons. The van der Waals surface area contributed by atoms with Crippen LogP contribution in [0.4, 0.5) is 5.82 Å². The van der Waals surface area contributed by atoms with Gasteiger partial charge in [-0.05, 0) is 74.5 Å². The van der Waals surface area contributed by atoms with Gasteiger partial charge in [-0.3, -0.25) is 9.69 Å². The van der Waals surface area contributed by atoms with E-state index in [0.717, 1.165) is 67.3 Å². The molecule has 1 aromatic rings. The largest absolute Gasteiger partial charge is 0.396 e. The molecule has 6 nitrogen and oxygen atoms in total. The molecular weight excluding hydrogens is 352 g/mol. The molecule has 4 bridgehead atoms. The third kappa shape index (κ3) is 3.57. The molecule has 152 valence electrons. The van der Waals surface area contributed by atoms with Crippen molar-refractivity contribution in [3.63, 3.8) is 0 Å². The smallest absolute Gasteiger partial charge is 0.226 e. The number of nitrogens with zero attached hydrogens (tertiary/aromatic N) is 3. The summed E-state index contributed by atoms with van der Waals surface area (Å²) in [5, 5.41) is 12.2. The van der Waals surface area contributed by atoms with Gasteiger partial charge in [0.1, 0.15) is 12.1 Å². The summed E-state index contributed by atoms with van der Waals surface area (Å²) in [6.07, 6.45) is 11.9. The molecule has 0 saturated heterocycles. The summed E-state index contributed by atoms with van der Waals surface area (Å²) in [6, 6.07) is 0. The average molecular weight is 385 g/mol. The van der Waals surface area contributed by atoms with E-state index in [4.69, 9.17) is 5.11 Å². The van der Waals surface area contributed by atoms with Gasteiger partial charge in [0, 0.05) is 38.2 Å². The molecule has 0 atom stereocenters. The van der Waals surface area contributed by atoms with E-state index in [1.807, 2.05) is 0 Å². The van der Waals surface area contributed by atoms with E-state index in [-0.39, 0.29) is 17.9 Å². The number of aliphatic hydroxyl groups is 1. The number of anilines is 1. The van der Waals surface area contributed by atoms with Crippen LogP contribution in [0.2, 0.25) is 0 Å². The quantitative estimate of drug-likeness (QED) is 0.788. The number of amides is 1. The van der Waals surface area contributed by atoms with E-state index in [9.17, 15) is 4.79 Å². The summed E-state index contributed by atoms with van der Waals surface area (Å²) in [7, 11) is 0. The molecule has 6 heteroatoms. The normalized spacial score (nSPS) is 33.7. The highest BCUT2D eigenvalue weighted by atomic mass is 16.3. The van der Waals surface area contributed by atoms with Crippen molar-refractivity contribution in [2.45, 2.75) is 64.3 Å². The monoisotopic (exact) mass is 384 g/mol. The average Bonchev–Trinajstić information content (AvgIpc) is 2.64. The third-order valence-electron chi connectivity index (χ3n) is 7.68. The number of aliphatic hydroxyl groups excluding tert-OH is 1. The number of carbonyl (C=O) groups excluding carboxylic acids is 1. The van der Waals surface area contributed by atoms with Crippen LogP contribution in [0.3, 0.4) is 0 Å². The minimum absolute atomic E-state index is 0.144. The van der Waals surface area contributed by atoms with Gasteiger partial charge in [0.25, 0.3) is 0 Å². The SMILES string of the molecule is O=C(CC12CC3CC(CC(C3)C1)C2)Nc1ncnc2c1CCN(CCCO)C2. The molecule has 1 aliphatic heterocycles. The van der Waals surface area contributed by atoms with Crippen LogP contribution < -0.4 is 5.32 Å². The van der Waals surface area contributed by atoms with E-state index in [1.165, 1.54) is 38.5 Å². The number of rotatable bonds is 6. The molecule has 1 amide bonds. The van der Waals surface area contributed by atoms with E-state index in [0.29, 0.717) is 6.42 Å². The molecule has 6 rings (SSSR count). The molecule has 2 heterocycles. The Hall–Kier alpha value is -1.53. The van der Waals surface area contributed by atoms with Crippen LogP contribution in [0.25, 0.3) is 0 Å². The van der Waals surface area contributed by atoms with Gasteiger partial charge >= 0.3 is 0 Å². The number of hydrogen-bond acceptors (Lipinski definition) is 5. The minimum atomic E-state index is 0.144. The van der Waals surface area contributed by atoms with Gasteiger partial charge in [0.05, 0.1) is 5.69 Å². The fourth-order valence-corrected chi connectivity index (χ4v) is 7.02. The van der Waals surface area contributed by atoms with Crippen LogP contribution >= 0.6 is 0 Å². The van der Waals surface area contributed by atoms with Crippen molar-refractivity contribution in [2.24, 2.45) is 23.2 Å². The summed E-state index contributed by atoms with van der Waals surface area (Å²) in [5.74, 6) is 3.48. The summed E-state index contributed by atoms with van der Waals surface area (Å²) < 4.78 is 0. The van der Waals surface area contributed by atoms with Gasteiger partial charge in [0.15, 0.2) is 0 Å². The Kier molecular flexibility index (Phi) is 4.87. The lowest BCUT2D eigenvalue weighted by Crippen LogP contribution is -2.47. The maximum absolute atomic E-state index is 13.0. The van der Waals surface area contributed by atoms with Crippen LogP contribution in [-0.4, -0.2) is 45.6 Å². The molecule has 0 unspecified atom stereocenters. The van der Waals surface area contributed by atoms with Crippen molar-refractivity contribution in [3.05, 3.63) is 17.6 Å². The molecule has 2 N–H and O–H groups in total. The molecule has 4 fully saturated rings. The highest BCUT2D eigenvalue weighted by Gasteiger charge is 2.51.